The number of esters is 1. The molecule has 246 valence electrons. The number of amides is 1. The van der Waals surface area contributed by atoms with Crippen molar-refractivity contribution in [2.24, 2.45) is 0 Å². The van der Waals surface area contributed by atoms with Crippen LogP contribution in [0.4, 0.5) is 32.7 Å². The average Bonchev–Trinajstić information content (AvgIpc) is 3.26. The highest BCUT2D eigenvalue weighted by Gasteiger charge is 2.46. The number of rotatable bonds is 9. The zero-order chi connectivity index (χ0) is 33.6. The van der Waals surface area contributed by atoms with Crippen molar-refractivity contribution in [3.63, 3.8) is 0 Å². The fourth-order valence-electron chi connectivity index (χ4n) is 5.79. The minimum Gasteiger partial charge on any atom is -0.496 e. The number of halogens is 5. The van der Waals surface area contributed by atoms with E-state index in [4.69, 9.17) is 14.2 Å². The molecule has 14 heteroatoms. The molecule has 0 aliphatic carbocycles. The molecule has 46 heavy (non-hydrogen) atoms. The Bertz CT molecular complexity index is 1660. The molecule has 2 aromatic carbocycles. The quantitative estimate of drug-likeness (QED) is 0.194. The first-order valence-electron chi connectivity index (χ1n) is 14.5. The Labute approximate surface area is 262 Å². The van der Waals surface area contributed by atoms with Crippen LogP contribution < -0.4 is 9.64 Å². The number of hydrogen-bond acceptors (Lipinski definition) is 8. The molecule has 0 saturated carbocycles. The number of carbonyl (C=O) groups is 2. The number of benzene rings is 2. The number of cyclic esters (lactones) is 1. The minimum atomic E-state index is -4.59. The van der Waals surface area contributed by atoms with E-state index in [2.05, 4.69) is 9.97 Å². The van der Waals surface area contributed by atoms with Gasteiger partial charge in [-0.25, -0.2) is 23.5 Å². The van der Waals surface area contributed by atoms with Crippen molar-refractivity contribution < 1.29 is 45.8 Å². The molecule has 2 aliphatic rings. The predicted octanol–water partition coefficient (Wildman–Crippen LogP) is 6.43. The van der Waals surface area contributed by atoms with Gasteiger partial charge in [-0.05, 0) is 62.6 Å². The van der Waals surface area contributed by atoms with Crippen LogP contribution in [-0.2, 0) is 33.4 Å². The summed E-state index contributed by atoms with van der Waals surface area (Å²) in [6, 6.07) is 8.12. The van der Waals surface area contributed by atoms with Crippen LogP contribution in [-0.4, -0.2) is 66.2 Å². The van der Waals surface area contributed by atoms with Gasteiger partial charge in [-0.3, -0.25) is 9.69 Å². The molecule has 1 amide bonds. The first-order valence-corrected chi connectivity index (χ1v) is 14.5. The third-order valence-corrected chi connectivity index (χ3v) is 8.13. The summed E-state index contributed by atoms with van der Waals surface area (Å²) in [5, 5.41) is 0. The van der Waals surface area contributed by atoms with E-state index < -0.39 is 49.0 Å². The number of carbonyl (C=O) groups excluding carboxylic acids is 2. The van der Waals surface area contributed by atoms with Crippen molar-refractivity contribution in [2.75, 3.05) is 32.2 Å². The Morgan fingerprint density at radius 3 is 2.43 bits per heavy atom. The lowest BCUT2D eigenvalue weighted by Crippen LogP contribution is -2.57. The summed E-state index contributed by atoms with van der Waals surface area (Å²) in [7, 11) is 2.77. The summed E-state index contributed by atoms with van der Waals surface area (Å²) in [6.07, 6.45) is -5.89. The normalized spacial score (nSPS) is 19.1. The smallest absolute Gasteiger partial charge is 0.416 e. The van der Waals surface area contributed by atoms with Crippen LogP contribution in [0.15, 0.2) is 36.4 Å². The number of aromatic nitrogens is 2. The van der Waals surface area contributed by atoms with Crippen LogP contribution in [0.3, 0.4) is 0 Å². The average molecular weight is 649 g/mol. The van der Waals surface area contributed by atoms with Gasteiger partial charge in [0.25, 0.3) is 5.92 Å². The summed E-state index contributed by atoms with van der Waals surface area (Å²) in [5.74, 6) is -2.79. The summed E-state index contributed by atoms with van der Waals surface area (Å²) in [4.78, 5) is 36.9. The number of alkyl halides is 5. The molecular weight excluding hydrogens is 615 g/mol. The Hall–Kier alpha value is -4.49. The Morgan fingerprint density at radius 1 is 1.09 bits per heavy atom. The van der Waals surface area contributed by atoms with Crippen molar-refractivity contribution in [1.29, 1.82) is 0 Å². The van der Waals surface area contributed by atoms with Gasteiger partial charge in [0, 0.05) is 17.5 Å². The van der Waals surface area contributed by atoms with Crippen molar-refractivity contribution in [3.05, 3.63) is 70.0 Å². The number of aryl methyl sites for hydroxylation is 3. The standard InChI is InChI=1S/C32H33F5N4O5/c1-17-10-21(13-22(11-17)32(35,36)37)28-19(3)41(30(43)46-28)14-24-27(18(2)38-29(39-24)40-15-31(33,34)16-40)23-12-20(6-8-25(23)44-4)7-9-26(42)45-5/h6,8,10-13,19,28H,7,9,14-16H2,1-5H3/t19-,28-/m0/s1. The van der Waals surface area contributed by atoms with Crippen LogP contribution >= 0.6 is 0 Å². The number of ether oxygens (including phenoxy) is 3. The molecule has 0 bridgehead atoms. The van der Waals surface area contributed by atoms with E-state index in [1.807, 2.05) is 0 Å². The zero-order valence-electron chi connectivity index (χ0n) is 25.9. The van der Waals surface area contributed by atoms with Gasteiger partial charge < -0.3 is 19.1 Å². The molecule has 3 heterocycles. The number of hydrogen-bond donors (Lipinski definition) is 0. The summed E-state index contributed by atoms with van der Waals surface area (Å²) < 4.78 is 84.3. The SMILES string of the molecule is COC(=O)CCc1ccc(OC)c(-c2c(C)nc(N3CC(F)(F)C3)nc2CN2C(=O)O[C@H](c3cc(C)cc(C(F)(F)F)c3)[C@@H]2C)c1. The molecule has 0 N–H and O–H groups in total. The predicted molar refractivity (Wildman–Crippen MR) is 157 cm³/mol. The third kappa shape index (κ3) is 6.70. The lowest BCUT2D eigenvalue weighted by molar-refractivity contribution is -0.140. The van der Waals surface area contributed by atoms with E-state index in [-0.39, 0.29) is 30.4 Å². The van der Waals surface area contributed by atoms with Crippen molar-refractivity contribution in [1.82, 2.24) is 14.9 Å². The fraction of sp³-hybridized carbons (Fsp3) is 0.438. The maximum Gasteiger partial charge on any atom is 0.416 e. The van der Waals surface area contributed by atoms with Gasteiger partial charge in [-0.1, -0.05) is 17.7 Å². The first-order chi connectivity index (χ1) is 21.6. The summed E-state index contributed by atoms with van der Waals surface area (Å²) in [6.45, 7) is 3.56. The lowest BCUT2D eigenvalue weighted by atomic mass is 9.96. The van der Waals surface area contributed by atoms with E-state index in [1.165, 1.54) is 30.9 Å². The van der Waals surface area contributed by atoms with E-state index in [1.54, 1.807) is 38.1 Å². The number of nitrogens with zero attached hydrogens (tertiary/aromatic N) is 4. The second-order valence-corrected chi connectivity index (χ2v) is 11.6. The van der Waals surface area contributed by atoms with E-state index in [9.17, 15) is 31.5 Å². The van der Waals surface area contributed by atoms with Crippen LogP contribution in [0.2, 0.25) is 0 Å². The molecule has 1 aromatic heterocycles. The van der Waals surface area contributed by atoms with Crippen molar-refractivity contribution >= 4 is 18.0 Å². The highest BCUT2D eigenvalue weighted by atomic mass is 19.4. The van der Waals surface area contributed by atoms with Crippen LogP contribution in [0.5, 0.6) is 5.75 Å². The molecule has 0 radical (unpaired) electrons. The van der Waals surface area contributed by atoms with E-state index in [0.717, 1.165) is 17.7 Å². The van der Waals surface area contributed by atoms with Gasteiger partial charge in [0.2, 0.25) is 5.95 Å². The van der Waals surface area contributed by atoms with Crippen LogP contribution in [0.1, 0.15) is 53.1 Å². The second kappa shape index (κ2) is 12.4. The molecule has 9 nitrogen and oxygen atoms in total. The van der Waals surface area contributed by atoms with Crippen molar-refractivity contribution in [2.45, 2.75) is 64.4 Å². The molecule has 0 unspecified atom stereocenters. The topological polar surface area (TPSA) is 94.1 Å². The minimum absolute atomic E-state index is 0.0493. The molecular formula is C32H33F5N4O5. The summed E-state index contributed by atoms with van der Waals surface area (Å²) >= 11 is 0. The summed E-state index contributed by atoms with van der Waals surface area (Å²) in [5.41, 5.74) is 2.21. The lowest BCUT2D eigenvalue weighted by Gasteiger charge is -2.39. The van der Waals surface area contributed by atoms with Gasteiger partial charge in [-0.2, -0.15) is 13.2 Å². The second-order valence-electron chi connectivity index (χ2n) is 11.6. The molecule has 0 spiro atoms. The fourth-order valence-corrected chi connectivity index (χ4v) is 5.79. The highest BCUT2D eigenvalue weighted by molar-refractivity contribution is 5.77. The number of anilines is 1. The van der Waals surface area contributed by atoms with Gasteiger partial charge in [0.05, 0.1) is 56.8 Å². The van der Waals surface area contributed by atoms with Gasteiger partial charge in [0.15, 0.2) is 0 Å². The van der Waals surface area contributed by atoms with Gasteiger partial charge >= 0.3 is 18.2 Å². The molecule has 2 aliphatic heterocycles. The maximum absolute atomic E-state index is 13.8. The highest BCUT2D eigenvalue weighted by Crippen LogP contribution is 2.41. The Morgan fingerprint density at radius 2 is 1.80 bits per heavy atom. The maximum atomic E-state index is 13.8. The zero-order valence-corrected chi connectivity index (χ0v) is 25.9. The van der Waals surface area contributed by atoms with Gasteiger partial charge in [0.1, 0.15) is 11.9 Å². The van der Waals surface area contributed by atoms with Crippen molar-refractivity contribution in [3.8, 4) is 16.9 Å². The monoisotopic (exact) mass is 648 g/mol. The Kier molecular flexibility index (Phi) is 8.84. The molecule has 2 atom stereocenters. The van der Waals surface area contributed by atoms with Crippen LogP contribution in [0, 0.1) is 13.8 Å². The molecule has 3 aromatic rings. The first kappa shape index (κ1) is 32.9. The molecule has 2 saturated heterocycles. The molecule has 5 rings (SSSR count). The van der Waals surface area contributed by atoms with Gasteiger partial charge in [-0.15, -0.1) is 0 Å². The van der Waals surface area contributed by atoms with E-state index >= 15 is 0 Å². The largest absolute Gasteiger partial charge is 0.496 e. The Balaban J connectivity index is 1.55. The van der Waals surface area contributed by atoms with E-state index in [0.29, 0.717) is 40.2 Å². The molecule has 2 fully saturated rings. The number of methoxy groups -OCH3 is 2. The third-order valence-electron chi connectivity index (χ3n) is 8.13. The van der Waals surface area contributed by atoms with Crippen LogP contribution in [0.25, 0.3) is 11.1 Å².